The van der Waals surface area contributed by atoms with Crippen LogP contribution in [0.3, 0.4) is 0 Å². The molecule has 2 heterocycles. The predicted molar refractivity (Wildman–Crippen MR) is 77.2 cm³/mol. The highest BCUT2D eigenvalue weighted by Gasteiger charge is 2.13. The molecule has 0 aliphatic heterocycles. The van der Waals surface area contributed by atoms with Crippen molar-refractivity contribution in [2.24, 2.45) is 0 Å². The van der Waals surface area contributed by atoms with E-state index >= 15 is 0 Å². The number of nitriles is 1. The maximum Gasteiger partial charge on any atom is 0.144 e. The molecule has 4 nitrogen and oxygen atoms in total. The number of aryl methyl sites for hydroxylation is 2. The van der Waals surface area contributed by atoms with Crippen LogP contribution in [0.2, 0.25) is 0 Å². The number of nitrogens with one attached hydrogen (secondary N) is 1. The highest BCUT2D eigenvalue weighted by Crippen LogP contribution is 2.25. The highest BCUT2D eigenvalue weighted by atomic mass is 32.1. The molecule has 1 N–H and O–H groups in total. The maximum atomic E-state index is 9.18. The molecule has 0 amide bonds. The first-order chi connectivity index (χ1) is 9.15. The fraction of sp³-hybridized carbons (Fsp3) is 0.357. The van der Waals surface area contributed by atoms with E-state index in [2.05, 4.69) is 28.3 Å². The Morgan fingerprint density at radius 2 is 2.26 bits per heavy atom. The standard InChI is InChI=1S/C14H16N4S/c1-4-11-8-17-14(19-11)10(3)18-13-12(7-15)9(2)5-6-16-13/h5-6,8,10H,4H2,1-3H3,(H,16,18). The summed E-state index contributed by atoms with van der Waals surface area (Å²) >= 11 is 1.69. The number of nitrogens with zero attached hydrogens (tertiary/aromatic N) is 3. The summed E-state index contributed by atoms with van der Waals surface area (Å²) in [6.45, 7) is 6.06. The summed E-state index contributed by atoms with van der Waals surface area (Å²) in [6, 6.07) is 4.08. The predicted octanol–water partition coefficient (Wildman–Crippen LogP) is 3.45. The van der Waals surface area contributed by atoms with Crippen LogP contribution in [0.4, 0.5) is 5.82 Å². The molecule has 2 rings (SSSR count). The van der Waals surface area contributed by atoms with Gasteiger partial charge in [-0.15, -0.1) is 11.3 Å². The van der Waals surface area contributed by atoms with E-state index in [1.807, 2.05) is 26.1 Å². The number of hydrogen-bond acceptors (Lipinski definition) is 5. The molecule has 1 unspecified atom stereocenters. The van der Waals surface area contributed by atoms with Crippen molar-refractivity contribution in [3.8, 4) is 6.07 Å². The van der Waals surface area contributed by atoms with Gasteiger partial charge in [0, 0.05) is 17.3 Å². The lowest BCUT2D eigenvalue weighted by molar-refractivity contribution is 0.859. The third-order valence-electron chi connectivity index (χ3n) is 2.91. The number of rotatable bonds is 4. The van der Waals surface area contributed by atoms with Gasteiger partial charge in [0.2, 0.25) is 0 Å². The molecule has 0 saturated carbocycles. The quantitative estimate of drug-likeness (QED) is 0.926. The number of thiazole rings is 1. The van der Waals surface area contributed by atoms with Gasteiger partial charge in [-0.3, -0.25) is 0 Å². The lowest BCUT2D eigenvalue weighted by Gasteiger charge is -2.13. The Morgan fingerprint density at radius 3 is 2.89 bits per heavy atom. The minimum atomic E-state index is 0.0479. The first-order valence-corrected chi connectivity index (χ1v) is 7.04. The van der Waals surface area contributed by atoms with Crippen molar-refractivity contribution < 1.29 is 0 Å². The van der Waals surface area contributed by atoms with Crippen LogP contribution >= 0.6 is 11.3 Å². The maximum absolute atomic E-state index is 9.18. The molecule has 0 radical (unpaired) electrons. The molecule has 0 fully saturated rings. The molecule has 19 heavy (non-hydrogen) atoms. The number of pyridine rings is 1. The average molecular weight is 272 g/mol. The number of anilines is 1. The Labute approximate surface area is 117 Å². The molecule has 0 aromatic carbocycles. The zero-order chi connectivity index (χ0) is 13.8. The van der Waals surface area contributed by atoms with Crippen LogP contribution in [0, 0.1) is 18.3 Å². The monoisotopic (exact) mass is 272 g/mol. The number of aromatic nitrogens is 2. The van der Waals surface area contributed by atoms with E-state index in [1.165, 1.54) is 4.88 Å². The first kappa shape index (κ1) is 13.5. The summed E-state index contributed by atoms with van der Waals surface area (Å²) in [7, 11) is 0. The van der Waals surface area contributed by atoms with Crippen molar-refractivity contribution in [3.63, 3.8) is 0 Å². The minimum absolute atomic E-state index is 0.0479. The van der Waals surface area contributed by atoms with Gasteiger partial charge >= 0.3 is 0 Å². The molecule has 0 bridgehead atoms. The Balaban J connectivity index is 2.22. The van der Waals surface area contributed by atoms with Gasteiger partial charge in [-0.2, -0.15) is 5.26 Å². The molecule has 0 aliphatic rings. The first-order valence-electron chi connectivity index (χ1n) is 6.22. The van der Waals surface area contributed by atoms with Gasteiger partial charge in [-0.1, -0.05) is 6.92 Å². The molecular weight excluding hydrogens is 256 g/mol. The summed E-state index contributed by atoms with van der Waals surface area (Å²) in [5, 5.41) is 13.5. The number of hydrogen-bond donors (Lipinski definition) is 1. The second kappa shape index (κ2) is 5.81. The van der Waals surface area contributed by atoms with Crippen LogP contribution in [-0.2, 0) is 6.42 Å². The smallest absolute Gasteiger partial charge is 0.144 e. The van der Waals surface area contributed by atoms with Gasteiger partial charge in [0.15, 0.2) is 0 Å². The summed E-state index contributed by atoms with van der Waals surface area (Å²) in [4.78, 5) is 9.92. The third-order valence-corrected chi connectivity index (χ3v) is 4.24. The average Bonchev–Trinajstić information content (AvgIpc) is 2.88. The van der Waals surface area contributed by atoms with E-state index in [4.69, 9.17) is 0 Å². The summed E-state index contributed by atoms with van der Waals surface area (Å²) in [6.07, 6.45) is 4.62. The summed E-state index contributed by atoms with van der Waals surface area (Å²) in [5.74, 6) is 0.628. The molecular formula is C14H16N4S. The summed E-state index contributed by atoms with van der Waals surface area (Å²) < 4.78 is 0. The van der Waals surface area contributed by atoms with E-state index in [1.54, 1.807) is 17.5 Å². The lowest BCUT2D eigenvalue weighted by Crippen LogP contribution is -2.09. The Bertz CT molecular complexity index is 612. The van der Waals surface area contributed by atoms with Crippen LogP contribution in [0.1, 0.15) is 40.9 Å². The fourth-order valence-electron chi connectivity index (χ4n) is 1.76. The van der Waals surface area contributed by atoms with Crippen molar-refractivity contribution >= 4 is 17.2 Å². The Morgan fingerprint density at radius 1 is 1.47 bits per heavy atom. The van der Waals surface area contributed by atoms with Crippen LogP contribution in [0.5, 0.6) is 0 Å². The van der Waals surface area contributed by atoms with Gasteiger partial charge in [-0.05, 0) is 31.9 Å². The topological polar surface area (TPSA) is 61.6 Å². The molecule has 2 aromatic heterocycles. The van der Waals surface area contributed by atoms with Crippen molar-refractivity contribution in [3.05, 3.63) is 39.5 Å². The zero-order valence-corrected chi connectivity index (χ0v) is 12.1. The van der Waals surface area contributed by atoms with Gasteiger partial charge < -0.3 is 5.32 Å². The Hall–Kier alpha value is -1.93. The van der Waals surface area contributed by atoms with Crippen molar-refractivity contribution in [2.45, 2.75) is 33.2 Å². The van der Waals surface area contributed by atoms with Crippen LogP contribution in [0.25, 0.3) is 0 Å². The normalized spacial score (nSPS) is 11.9. The minimum Gasteiger partial charge on any atom is -0.360 e. The highest BCUT2D eigenvalue weighted by molar-refractivity contribution is 7.11. The van der Waals surface area contributed by atoms with Crippen LogP contribution in [0.15, 0.2) is 18.5 Å². The van der Waals surface area contributed by atoms with Gasteiger partial charge in [0.25, 0.3) is 0 Å². The molecule has 0 aliphatic carbocycles. The lowest BCUT2D eigenvalue weighted by atomic mass is 10.1. The molecule has 98 valence electrons. The van der Waals surface area contributed by atoms with E-state index in [9.17, 15) is 5.26 Å². The van der Waals surface area contributed by atoms with Crippen molar-refractivity contribution in [1.82, 2.24) is 9.97 Å². The Kier molecular flexibility index (Phi) is 4.13. The van der Waals surface area contributed by atoms with Crippen LogP contribution < -0.4 is 5.32 Å². The third kappa shape index (κ3) is 2.91. The van der Waals surface area contributed by atoms with Gasteiger partial charge in [0.05, 0.1) is 11.6 Å². The molecule has 0 saturated heterocycles. The zero-order valence-electron chi connectivity index (χ0n) is 11.3. The molecule has 1 atom stereocenters. The largest absolute Gasteiger partial charge is 0.360 e. The van der Waals surface area contributed by atoms with E-state index < -0.39 is 0 Å². The van der Waals surface area contributed by atoms with Crippen molar-refractivity contribution in [1.29, 1.82) is 5.26 Å². The van der Waals surface area contributed by atoms with Crippen molar-refractivity contribution in [2.75, 3.05) is 5.32 Å². The molecule has 5 heteroatoms. The van der Waals surface area contributed by atoms with Gasteiger partial charge in [0.1, 0.15) is 16.9 Å². The SMILES string of the molecule is CCc1cnc(C(C)Nc2nccc(C)c2C#N)s1. The molecule has 0 spiro atoms. The molecule has 2 aromatic rings. The van der Waals surface area contributed by atoms with E-state index in [-0.39, 0.29) is 6.04 Å². The fourth-order valence-corrected chi connectivity index (χ4v) is 2.62. The van der Waals surface area contributed by atoms with Gasteiger partial charge in [-0.25, -0.2) is 9.97 Å². The second-order valence-electron chi connectivity index (χ2n) is 4.35. The van der Waals surface area contributed by atoms with E-state index in [0.29, 0.717) is 11.4 Å². The second-order valence-corrected chi connectivity index (χ2v) is 5.49. The van der Waals surface area contributed by atoms with Crippen LogP contribution in [-0.4, -0.2) is 9.97 Å². The summed E-state index contributed by atoms with van der Waals surface area (Å²) in [5.41, 5.74) is 1.53. The van der Waals surface area contributed by atoms with E-state index in [0.717, 1.165) is 17.0 Å².